The zero-order valence-corrected chi connectivity index (χ0v) is 6.88. The molecule has 0 fully saturated rings. The van der Waals surface area contributed by atoms with Gasteiger partial charge in [0.1, 0.15) is 11.5 Å². The molecular weight excluding hydrogens is 192 g/mol. The van der Waals surface area contributed by atoms with E-state index in [9.17, 15) is 13.6 Å². The molecule has 2 N–H and O–H groups in total. The molecule has 0 bridgehead atoms. The van der Waals surface area contributed by atoms with Crippen LogP contribution in [0.3, 0.4) is 0 Å². The lowest BCUT2D eigenvalue weighted by Gasteiger charge is -1.99. The van der Waals surface area contributed by atoms with Gasteiger partial charge < -0.3 is 10.2 Å². The summed E-state index contributed by atoms with van der Waals surface area (Å²) in [5.41, 5.74) is 3.94. The molecule has 0 radical (unpaired) electrons. The van der Waals surface area contributed by atoms with Crippen molar-refractivity contribution >= 4 is 16.7 Å². The number of hydrogen-bond donors (Lipinski definition) is 1. The Morgan fingerprint density at radius 1 is 1.21 bits per heavy atom. The first-order valence-electron chi connectivity index (χ1n) is 3.76. The molecule has 1 aromatic heterocycles. The quantitative estimate of drug-likeness (QED) is 0.653. The van der Waals surface area contributed by atoms with Crippen molar-refractivity contribution in [1.29, 1.82) is 0 Å². The van der Waals surface area contributed by atoms with Crippen LogP contribution >= 0.6 is 0 Å². The van der Waals surface area contributed by atoms with Gasteiger partial charge in [-0.2, -0.15) is 0 Å². The summed E-state index contributed by atoms with van der Waals surface area (Å²) in [4.78, 5) is 10.9. The van der Waals surface area contributed by atoms with Crippen LogP contribution in [0.25, 0.3) is 11.0 Å². The van der Waals surface area contributed by atoms with Crippen LogP contribution in [0.5, 0.6) is 0 Å². The first-order valence-corrected chi connectivity index (χ1v) is 3.76. The summed E-state index contributed by atoms with van der Waals surface area (Å²) < 4.78 is 30.3. The maximum Gasteiger partial charge on any atom is 0.359 e. The molecule has 0 saturated carbocycles. The van der Waals surface area contributed by atoms with E-state index in [4.69, 9.17) is 5.73 Å². The molecule has 0 aliphatic rings. The zero-order chi connectivity index (χ0) is 10.3. The molecule has 0 aliphatic carbocycles. The Labute approximate surface area is 76.8 Å². The average Bonchev–Trinajstić information content (AvgIpc) is 2.08. The van der Waals surface area contributed by atoms with Gasteiger partial charge >= 0.3 is 5.63 Å². The molecule has 0 atom stereocenters. The number of anilines is 1. The van der Waals surface area contributed by atoms with Crippen LogP contribution in [0.1, 0.15) is 0 Å². The van der Waals surface area contributed by atoms with Gasteiger partial charge in [0.15, 0.2) is 11.4 Å². The second-order valence-corrected chi connectivity index (χ2v) is 2.80. The highest BCUT2D eigenvalue weighted by Gasteiger charge is 2.08. The van der Waals surface area contributed by atoms with Crippen LogP contribution in [-0.4, -0.2) is 0 Å². The van der Waals surface area contributed by atoms with Crippen LogP contribution in [0.15, 0.2) is 27.4 Å². The van der Waals surface area contributed by atoms with Gasteiger partial charge in [0.2, 0.25) is 0 Å². The van der Waals surface area contributed by atoms with Crippen LogP contribution < -0.4 is 11.4 Å². The van der Waals surface area contributed by atoms with E-state index in [-0.39, 0.29) is 16.7 Å². The van der Waals surface area contributed by atoms with E-state index < -0.39 is 17.3 Å². The zero-order valence-electron chi connectivity index (χ0n) is 6.88. The Bertz CT molecular complexity index is 562. The van der Waals surface area contributed by atoms with Gasteiger partial charge in [0, 0.05) is 11.5 Å². The maximum atomic E-state index is 13.0. The SMILES string of the molecule is Nc1cc2cc(F)cc(F)c2oc1=O. The number of halogens is 2. The molecule has 0 saturated heterocycles. The Hall–Kier alpha value is -1.91. The van der Waals surface area contributed by atoms with Gasteiger partial charge in [0.25, 0.3) is 0 Å². The molecule has 1 aromatic carbocycles. The molecule has 72 valence electrons. The van der Waals surface area contributed by atoms with Crippen LogP contribution in [0.4, 0.5) is 14.5 Å². The number of benzene rings is 1. The minimum atomic E-state index is -0.919. The maximum absolute atomic E-state index is 13.0. The van der Waals surface area contributed by atoms with E-state index in [0.717, 1.165) is 6.07 Å². The summed E-state index contributed by atoms with van der Waals surface area (Å²) in [6.07, 6.45) is 0. The molecule has 0 unspecified atom stereocenters. The predicted octanol–water partition coefficient (Wildman–Crippen LogP) is 1.65. The third-order valence-electron chi connectivity index (χ3n) is 1.78. The summed E-state index contributed by atoms with van der Waals surface area (Å²) in [5.74, 6) is -1.67. The highest BCUT2D eigenvalue weighted by Crippen LogP contribution is 2.19. The number of nitrogen functional groups attached to an aromatic ring is 1. The summed E-state index contributed by atoms with van der Waals surface area (Å²) in [6, 6.07) is 2.85. The fourth-order valence-electron chi connectivity index (χ4n) is 1.17. The molecule has 5 heteroatoms. The summed E-state index contributed by atoms with van der Waals surface area (Å²) in [6.45, 7) is 0. The molecule has 2 rings (SSSR count). The summed E-state index contributed by atoms with van der Waals surface area (Å²) in [7, 11) is 0. The fourth-order valence-corrected chi connectivity index (χ4v) is 1.17. The van der Waals surface area contributed by atoms with Gasteiger partial charge in [0.05, 0.1) is 0 Å². The van der Waals surface area contributed by atoms with E-state index in [2.05, 4.69) is 4.42 Å². The fraction of sp³-hybridized carbons (Fsp3) is 0. The van der Waals surface area contributed by atoms with Crippen molar-refractivity contribution in [2.24, 2.45) is 0 Å². The first kappa shape index (κ1) is 8.68. The van der Waals surface area contributed by atoms with Crippen molar-refractivity contribution in [3.8, 4) is 0 Å². The Morgan fingerprint density at radius 3 is 2.64 bits per heavy atom. The Balaban J connectivity index is 2.96. The average molecular weight is 197 g/mol. The van der Waals surface area contributed by atoms with Crippen molar-refractivity contribution in [1.82, 2.24) is 0 Å². The minimum Gasteiger partial charge on any atom is -0.418 e. The van der Waals surface area contributed by atoms with Gasteiger partial charge in [-0.05, 0) is 12.1 Å². The van der Waals surface area contributed by atoms with Crippen LogP contribution in [0, 0.1) is 11.6 Å². The van der Waals surface area contributed by atoms with Crippen molar-refractivity contribution in [2.45, 2.75) is 0 Å². The molecular formula is C9H5F2NO2. The lowest BCUT2D eigenvalue weighted by atomic mass is 10.2. The second-order valence-electron chi connectivity index (χ2n) is 2.80. The van der Waals surface area contributed by atoms with Gasteiger partial charge in [-0.25, -0.2) is 13.6 Å². The lowest BCUT2D eigenvalue weighted by Crippen LogP contribution is -2.06. The molecule has 1 heterocycles. The summed E-state index contributed by atoms with van der Waals surface area (Å²) in [5, 5.41) is 0.125. The van der Waals surface area contributed by atoms with Gasteiger partial charge in [-0.15, -0.1) is 0 Å². The van der Waals surface area contributed by atoms with E-state index >= 15 is 0 Å². The van der Waals surface area contributed by atoms with E-state index in [1.54, 1.807) is 0 Å². The highest BCUT2D eigenvalue weighted by molar-refractivity contribution is 5.79. The molecule has 2 aromatic rings. The highest BCUT2D eigenvalue weighted by atomic mass is 19.1. The lowest BCUT2D eigenvalue weighted by molar-refractivity contribution is 0.518. The minimum absolute atomic E-state index is 0.125. The van der Waals surface area contributed by atoms with Crippen molar-refractivity contribution < 1.29 is 13.2 Å². The second kappa shape index (κ2) is 2.80. The van der Waals surface area contributed by atoms with E-state index in [0.29, 0.717) is 6.07 Å². The van der Waals surface area contributed by atoms with Crippen molar-refractivity contribution in [2.75, 3.05) is 5.73 Å². The molecule has 0 spiro atoms. The van der Waals surface area contributed by atoms with Crippen LogP contribution in [-0.2, 0) is 0 Å². The molecule has 0 aliphatic heterocycles. The molecule has 14 heavy (non-hydrogen) atoms. The third kappa shape index (κ3) is 1.22. The van der Waals surface area contributed by atoms with E-state index in [1.807, 2.05) is 0 Å². The Morgan fingerprint density at radius 2 is 1.93 bits per heavy atom. The number of rotatable bonds is 0. The predicted molar refractivity (Wildman–Crippen MR) is 46.8 cm³/mol. The third-order valence-corrected chi connectivity index (χ3v) is 1.78. The summed E-state index contributed by atoms with van der Waals surface area (Å²) >= 11 is 0. The number of nitrogens with two attached hydrogens (primary N) is 1. The first-order chi connectivity index (χ1) is 6.58. The Kier molecular flexibility index (Phi) is 1.73. The largest absolute Gasteiger partial charge is 0.418 e. The standard InChI is InChI=1S/C9H5F2NO2/c10-5-1-4-2-7(12)9(13)14-8(4)6(11)3-5/h1-3H,12H2. The number of fused-ring (bicyclic) bond motifs is 1. The molecule has 0 amide bonds. The molecule has 3 nitrogen and oxygen atoms in total. The number of hydrogen-bond acceptors (Lipinski definition) is 3. The topological polar surface area (TPSA) is 56.2 Å². The monoisotopic (exact) mass is 197 g/mol. The van der Waals surface area contributed by atoms with Crippen LogP contribution in [0.2, 0.25) is 0 Å². The smallest absolute Gasteiger partial charge is 0.359 e. The van der Waals surface area contributed by atoms with Gasteiger partial charge in [-0.3, -0.25) is 0 Å². The normalized spacial score (nSPS) is 10.7. The van der Waals surface area contributed by atoms with Crippen molar-refractivity contribution in [3.63, 3.8) is 0 Å². The van der Waals surface area contributed by atoms with E-state index in [1.165, 1.54) is 6.07 Å². The van der Waals surface area contributed by atoms with Crippen molar-refractivity contribution in [3.05, 3.63) is 40.3 Å². The van der Waals surface area contributed by atoms with Gasteiger partial charge in [-0.1, -0.05) is 0 Å².